The number of hydrogen-bond donors (Lipinski definition) is 2. The molecule has 3 fully saturated rings. The lowest BCUT2D eigenvalue weighted by Crippen LogP contribution is -2.62. The van der Waals surface area contributed by atoms with E-state index < -0.39 is 17.9 Å². The number of halogens is 2. The number of alkyl halides is 1. The summed E-state index contributed by atoms with van der Waals surface area (Å²) >= 11 is 0. The number of likely N-dealkylation sites (tertiary alicyclic amines) is 2. The van der Waals surface area contributed by atoms with E-state index in [1.807, 2.05) is 12.3 Å². The minimum Gasteiger partial charge on any atom is -0.378 e. The summed E-state index contributed by atoms with van der Waals surface area (Å²) in [7, 11) is 2.09. The third kappa shape index (κ3) is 5.15. The number of anilines is 1. The predicted molar refractivity (Wildman–Crippen MR) is 142 cm³/mol. The number of pyridine rings is 1. The van der Waals surface area contributed by atoms with E-state index in [4.69, 9.17) is 0 Å². The number of amides is 1. The number of aryl methyl sites for hydroxylation is 1. The van der Waals surface area contributed by atoms with Crippen molar-refractivity contribution in [2.24, 2.45) is 0 Å². The molecule has 2 aliphatic heterocycles. The standard InChI is InChI=1S/C28H33F2N7O/c1-17-7-24(29)23(28(38)34-20-3-4-20)9-27(17)37-13-19(11-32-37)18-8-21(12-31-10-18)33-26-5-6-36(16-25(26)30)22-14-35(2)15-22/h7-13,20,22,25-26,33H,3-6,14-16H2,1-2H3,(H,34,38)/t25-,26+/m1/s1. The molecule has 0 unspecified atom stereocenters. The molecule has 0 radical (unpaired) electrons. The first-order chi connectivity index (χ1) is 18.3. The Morgan fingerprint density at radius 2 is 1.87 bits per heavy atom. The first kappa shape index (κ1) is 24.9. The average Bonchev–Trinajstić information content (AvgIpc) is 3.55. The molecule has 2 N–H and O–H groups in total. The van der Waals surface area contributed by atoms with Gasteiger partial charge in [0.1, 0.15) is 12.0 Å². The Balaban J connectivity index is 1.16. The van der Waals surface area contributed by atoms with Crippen LogP contribution in [0.3, 0.4) is 0 Å². The second-order valence-corrected chi connectivity index (χ2v) is 10.9. The highest BCUT2D eigenvalue weighted by atomic mass is 19.1. The molecule has 1 aliphatic carbocycles. The Hall–Kier alpha value is -3.37. The fourth-order valence-corrected chi connectivity index (χ4v) is 5.39. The Morgan fingerprint density at radius 1 is 1.05 bits per heavy atom. The third-order valence-corrected chi connectivity index (χ3v) is 7.83. The molecule has 2 aromatic heterocycles. The summed E-state index contributed by atoms with van der Waals surface area (Å²) in [4.78, 5) is 21.4. The van der Waals surface area contributed by atoms with Gasteiger partial charge in [0.15, 0.2) is 0 Å². The van der Waals surface area contributed by atoms with E-state index in [2.05, 4.69) is 37.6 Å². The summed E-state index contributed by atoms with van der Waals surface area (Å²) in [6.45, 7) is 5.14. The van der Waals surface area contributed by atoms with E-state index in [9.17, 15) is 9.18 Å². The lowest BCUT2D eigenvalue weighted by atomic mass is 9.98. The number of hydrogen-bond acceptors (Lipinski definition) is 6. The van der Waals surface area contributed by atoms with Crippen LogP contribution in [0.15, 0.2) is 43.0 Å². The van der Waals surface area contributed by atoms with E-state index in [0.717, 1.165) is 55.7 Å². The van der Waals surface area contributed by atoms with Gasteiger partial charge in [-0.1, -0.05) is 0 Å². The van der Waals surface area contributed by atoms with Crippen molar-refractivity contribution in [2.75, 3.05) is 38.5 Å². The molecule has 4 heterocycles. The Labute approximate surface area is 221 Å². The first-order valence-electron chi connectivity index (χ1n) is 13.3. The summed E-state index contributed by atoms with van der Waals surface area (Å²) in [5, 5.41) is 10.7. The molecule has 8 nitrogen and oxygen atoms in total. The highest BCUT2D eigenvalue weighted by Crippen LogP contribution is 2.28. The van der Waals surface area contributed by atoms with E-state index in [1.165, 1.54) is 6.07 Å². The number of nitrogens with zero attached hydrogens (tertiary/aromatic N) is 5. The molecule has 2 saturated heterocycles. The van der Waals surface area contributed by atoms with Crippen molar-refractivity contribution in [1.29, 1.82) is 0 Å². The second-order valence-electron chi connectivity index (χ2n) is 10.9. The maximum atomic E-state index is 15.0. The van der Waals surface area contributed by atoms with Gasteiger partial charge in [-0.05, 0) is 57.0 Å². The molecule has 3 aliphatic rings. The van der Waals surface area contributed by atoms with Gasteiger partial charge < -0.3 is 15.5 Å². The van der Waals surface area contributed by atoms with Crippen LogP contribution >= 0.6 is 0 Å². The van der Waals surface area contributed by atoms with Crippen LogP contribution in [-0.4, -0.2) is 88.0 Å². The Kier molecular flexibility index (Phi) is 6.61. The average molecular weight is 522 g/mol. The largest absolute Gasteiger partial charge is 0.378 e. The van der Waals surface area contributed by atoms with E-state index in [0.29, 0.717) is 23.8 Å². The van der Waals surface area contributed by atoms with Gasteiger partial charge in [-0.2, -0.15) is 5.10 Å². The van der Waals surface area contributed by atoms with E-state index >= 15 is 4.39 Å². The molecule has 0 spiro atoms. The van der Waals surface area contributed by atoms with Crippen molar-refractivity contribution in [1.82, 2.24) is 29.9 Å². The van der Waals surface area contributed by atoms with Crippen LogP contribution in [0.2, 0.25) is 0 Å². The van der Waals surface area contributed by atoms with Gasteiger partial charge in [0.2, 0.25) is 0 Å². The van der Waals surface area contributed by atoms with Crippen LogP contribution in [-0.2, 0) is 0 Å². The molecular formula is C28H33F2N7O. The number of aromatic nitrogens is 3. The zero-order valence-electron chi connectivity index (χ0n) is 21.7. The Bertz CT molecular complexity index is 1330. The lowest BCUT2D eigenvalue weighted by Gasteiger charge is -2.47. The van der Waals surface area contributed by atoms with Crippen LogP contribution in [0.1, 0.15) is 35.2 Å². The third-order valence-electron chi connectivity index (χ3n) is 7.83. The van der Waals surface area contributed by atoms with Crippen LogP contribution in [0.25, 0.3) is 16.8 Å². The molecule has 1 amide bonds. The number of piperidine rings is 1. The van der Waals surface area contributed by atoms with Gasteiger partial charge in [-0.3, -0.25) is 14.7 Å². The molecule has 6 rings (SSSR count). The summed E-state index contributed by atoms with van der Waals surface area (Å²) in [6.07, 6.45) is 8.64. The van der Waals surface area contributed by atoms with Gasteiger partial charge in [0, 0.05) is 68.0 Å². The fraction of sp³-hybridized carbons (Fsp3) is 0.464. The summed E-state index contributed by atoms with van der Waals surface area (Å²) in [5.74, 6) is -0.949. The van der Waals surface area contributed by atoms with E-state index in [-0.39, 0.29) is 17.6 Å². The number of rotatable bonds is 7. The molecule has 1 aromatic carbocycles. The summed E-state index contributed by atoms with van der Waals surface area (Å²) in [5.41, 5.74) is 3.72. The molecular weight excluding hydrogens is 488 g/mol. The molecule has 38 heavy (non-hydrogen) atoms. The predicted octanol–water partition coefficient (Wildman–Crippen LogP) is 3.41. The second kappa shape index (κ2) is 10.1. The molecule has 2 atom stereocenters. The lowest BCUT2D eigenvalue weighted by molar-refractivity contribution is 0.0129. The summed E-state index contributed by atoms with van der Waals surface area (Å²) < 4.78 is 31.2. The smallest absolute Gasteiger partial charge is 0.254 e. The van der Waals surface area contributed by atoms with Gasteiger partial charge >= 0.3 is 0 Å². The quantitative estimate of drug-likeness (QED) is 0.496. The normalized spacial score (nSPS) is 22.7. The van der Waals surface area contributed by atoms with Crippen LogP contribution in [0, 0.1) is 12.7 Å². The van der Waals surface area contributed by atoms with Crippen molar-refractivity contribution >= 4 is 11.6 Å². The van der Waals surface area contributed by atoms with Crippen LogP contribution in [0.5, 0.6) is 0 Å². The van der Waals surface area contributed by atoms with Gasteiger partial charge in [0.05, 0.1) is 29.2 Å². The van der Waals surface area contributed by atoms with Crippen molar-refractivity contribution in [3.63, 3.8) is 0 Å². The number of carbonyl (C=O) groups excluding carboxylic acids is 1. The van der Waals surface area contributed by atoms with Crippen LogP contribution < -0.4 is 10.6 Å². The monoisotopic (exact) mass is 521 g/mol. The van der Waals surface area contributed by atoms with Crippen molar-refractivity contribution in [2.45, 2.75) is 50.5 Å². The van der Waals surface area contributed by atoms with Gasteiger partial charge in [-0.15, -0.1) is 0 Å². The topological polar surface area (TPSA) is 78.3 Å². The molecule has 1 saturated carbocycles. The molecule has 10 heteroatoms. The highest BCUT2D eigenvalue weighted by molar-refractivity contribution is 5.95. The molecule has 200 valence electrons. The number of carbonyl (C=O) groups is 1. The maximum absolute atomic E-state index is 15.0. The SMILES string of the molecule is Cc1cc(F)c(C(=O)NC2CC2)cc1-n1cc(-c2cncc(N[C@H]3CCN(C4CN(C)C4)C[C@H]3F)c2)cn1. The summed E-state index contributed by atoms with van der Waals surface area (Å²) in [6, 6.07) is 5.21. The van der Waals surface area contributed by atoms with Crippen molar-refractivity contribution in [3.8, 4) is 16.8 Å². The number of benzene rings is 1. The van der Waals surface area contributed by atoms with Gasteiger partial charge in [0.25, 0.3) is 5.91 Å². The highest BCUT2D eigenvalue weighted by Gasteiger charge is 2.36. The molecule has 0 bridgehead atoms. The molecule has 3 aromatic rings. The van der Waals surface area contributed by atoms with Crippen LogP contribution in [0.4, 0.5) is 14.5 Å². The van der Waals surface area contributed by atoms with Crippen molar-refractivity contribution in [3.05, 3.63) is 59.9 Å². The number of nitrogens with one attached hydrogen (secondary N) is 2. The number of likely N-dealkylation sites (N-methyl/N-ethyl adjacent to an activating group) is 1. The van der Waals surface area contributed by atoms with E-state index in [1.54, 1.807) is 36.3 Å². The first-order valence-corrected chi connectivity index (χ1v) is 13.3. The van der Waals surface area contributed by atoms with Crippen molar-refractivity contribution < 1.29 is 13.6 Å². The van der Waals surface area contributed by atoms with Gasteiger partial charge in [-0.25, -0.2) is 13.5 Å². The minimum atomic E-state index is -0.950. The Morgan fingerprint density at radius 3 is 2.61 bits per heavy atom. The minimum absolute atomic E-state index is 0.0126. The fourth-order valence-electron chi connectivity index (χ4n) is 5.39. The zero-order valence-corrected chi connectivity index (χ0v) is 21.7. The zero-order chi connectivity index (χ0) is 26.4. The maximum Gasteiger partial charge on any atom is 0.254 e.